The summed E-state index contributed by atoms with van der Waals surface area (Å²) < 4.78 is 11.3. The van der Waals surface area contributed by atoms with Gasteiger partial charge in [-0.25, -0.2) is 0 Å². The lowest BCUT2D eigenvalue weighted by Crippen LogP contribution is -2.26. The molecule has 5 nitrogen and oxygen atoms in total. The number of methoxy groups -OCH3 is 1. The number of nitriles is 1. The molecule has 0 unspecified atom stereocenters. The number of nitrogens with one attached hydrogen (secondary N) is 1. The normalized spacial score (nSPS) is 10.8. The van der Waals surface area contributed by atoms with Crippen LogP contribution in [-0.4, -0.2) is 19.6 Å². The molecule has 31 heavy (non-hydrogen) atoms. The fourth-order valence-corrected chi connectivity index (χ4v) is 3.00. The van der Waals surface area contributed by atoms with Crippen LogP contribution < -0.4 is 14.8 Å². The predicted molar refractivity (Wildman–Crippen MR) is 121 cm³/mol. The Morgan fingerprint density at radius 2 is 1.65 bits per heavy atom. The Morgan fingerprint density at radius 3 is 2.29 bits per heavy atom. The molecule has 0 heterocycles. The van der Waals surface area contributed by atoms with Gasteiger partial charge in [0.2, 0.25) is 0 Å². The first-order valence-electron chi connectivity index (χ1n) is 9.98. The lowest BCUT2D eigenvalue weighted by molar-refractivity contribution is -0.117. The van der Waals surface area contributed by atoms with Crippen molar-refractivity contribution >= 4 is 12.0 Å². The van der Waals surface area contributed by atoms with E-state index >= 15 is 0 Å². The second-order valence-corrected chi connectivity index (χ2v) is 6.85. The maximum Gasteiger partial charge on any atom is 0.261 e. The van der Waals surface area contributed by atoms with Crippen LogP contribution >= 0.6 is 0 Å². The fourth-order valence-electron chi connectivity index (χ4n) is 3.00. The maximum absolute atomic E-state index is 12.4. The Bertz CT molecular complexity index is 1070. The first-order chi connectivity index (χ1) is 15.2. The Kier molecular flexibility index (Phi) is 7.84. The van der Waals surface area contributed by atoms with Gasteiger partial charge in [-0.15, -0.1) is 0 Å². The largest absolute Gasteiger partial charge is 0.493 e. The minimum absolute atomic E-state index is 0.0352. The second-order valence-electron chi connectivity index (χ2n) is 6.85. The molecule has 0 bridgehead atoms. The van der Waals surface area contributed by atoms with Gasteiger partial charge < -0.3 is 14.8 Å². The van der Waals surface area contributed by atoms with Gasteiger partial charge in [-0.3, -0.25) is 4.79 Å². The third-order valence-corrected chi connectivity index (χ3v) is 4.64. The number of hydrogen-bond donors (Lipinski definition) is 1. The van der Waals surface area contributed by atoms with Crippen LogP contribution in [0.2, 0.25) is 0 Å². The third-order valence-electron chi connectivity index (χ3n) is 4.64. The van der Waals surface area contributed by atoms with Crippen LogP contribution in [0.15, 0.2) is 84.4 Å². The van der Waals surface area contributed by atoms with Gasteiger partial charge in [-0.05, 0) is 41.3 Å². The second kappa shape index (κ2) is 11.2. The van der Waals surface area contributed by atoms with E-state index in [1.54, 1.807) is 31.4 Å². The van der Waals surface area contributed by atoms with Crippen molar-refractivity contribution in [1.82, 2.24) is 5.32 Å². The summed E-state index contributed by atoms with van der Waals surface area (Å²) in [6.07, 6.45) is 2.24. The highest BCUT2D eigenvalue weighted by Crippen LogP contribution is 2.29. The minimum Gasteiger partial charge on any atom is -0.493 e. The van der Waals surface area contributed by atoms with E-state index in [0.717, 1.165) is 11.1 Å². The van der Waals surface area contributed by atoms with Gasteiger partial charge >= 0.3 is 0 Å². The molecule has 0 saturated heterocycles. The zero-order chi connectivity index (χ0) is 21.9. The van der Waals surface area contributed by atoms with E-state index in [1.165, 1.54) is 0 Å². The summed E-state index contributed by atoms with van der Waals surface area (Å²) in [6.45, 7) is 0.872. The van der Waals surface area contributed by atoms with Crippen molar-refractivity contribution in [2.75, 3.05) is 13.7 Å². The van der Waals surface area contributed by atoms with E-state index in [4.69, 9.17) is 9.47 Å². The van der Waals surface area contributed by atoms with Crippen LogP contribution in [0.3, 0.4) is 0 Å². The van der Waals surface area contributed by atoms with E-state index in [1.807, 2.05) is 66.7 Å². The smallest absolute Gasteiger partial charge is 0.261 e. The molecule has 156 valence electrons. The Hall–Kier alpha value is -4.04. The average molecular weight is 412 g/mol. The van der Waals surface area contributed by atoms with Crippen LogP contribution in [0.4, 0.5) is 0 Å². The first-order valence-corrected chi connectivity index (χ1v) is 9.98. The molecule has 0 aliphatic carbocycles. The summed E-state index contributed by atoms with van der Waals surface area (Å²) in [5.74, 6) is 0.725. The van der Waals surface area contributed by atoms with Crippen LogP contribution in [0.1, 0.15) is 16.7 Å². The number of carbonyl (C=O) groups excluding carboxylic acids is 1. The van der Waals surface area contributed by atoms with Gasteiger partial charge in [0.15, 0.2) is 11.5 Å². The summed E-state index contributed by atoms with van der Waals surface area (Å²) in [6, 6.07) is 27.0. The van der Waals surface area contributed by atoms with Crippen molar-refractivity contribution in [3.63, 3.8) is 0 Å². The summed E-state index contributed by atoms with van der Waals surface area (Å²) in [5, 5.41) is 12.2. The number of hydrogen-bond acceptors (Lipinski definition) is 4. The highest BCUT2D eigenvalue weighted by molar-refractivity contribution is 6.01. The van der Waals surface area contributed by atoms with Crippen LogP contribution in [0.25, 0.3) is 6.08 Å². The first kappa shape index (κ1) is 21.7. The molecule has 1 N–H and O–H groups in total. The molecule has 0 saturated carbocycles. The van der Waals surface area contributed by atoms with Gasteiger partial charge in [0.05, 0.1) is 7.11 Å². The minimum atomic E-state index is -0.401. The van der Waals surface area contributed by atoms with Crippen LogP contribution in [0.5, 0.6) is 11.5 Å². The molecule has 0 radical (unpaired) electrons. The molecule has 0 aliphatic rings. The quantitative estimate of drug-likeness (QED) is 0.414. The van der Waals surface area contributed by atoms with E-state index < -0.39 is 5.91 Å². The highest BCUT2D eigenvalue weighted by atomic mass is 16.5. The van der Waals surface area contributed by atoms with Crippen LogP contribution in [-0.2, 0) is 17.8 Å². The molecule has 5 heteroatoms. The summed E-state index contributed by atoms with van der Waals surface area (Å²) in [7, 11) is 1.56. The third kappa shape index (κ3) is 6.48. The summed E-state index contributed by atoms with van der Waals surface area (Å²) >= 11 is 0. The zero-order valence-corrected chi connectivity index (χ0v) is 17.4. The van der Waals surface area contributed by atoms with E-state index in [9.17, 15) is 10.1 Å². The number of amides is 1. The topological polar surface area (TPSA) is 71.3 Å². The summed E-state index contributed by atoms with van der Waals surface area (Å²) in [5.41, 5.74) is 2.89. The average Bonchev–Trinajstić information content (AvgIpc) is 2.82. The predicted octanol–water partition coefficient (Wildman–Crippen LogP) is 4.54. The van der Waals surface area contributed by atoms with Crippen molar-refractivity contribution in [3.05, 3.63) is 101 Å². The molecule has 3 aromatic carbocycles. The molecule has 1 amide bonds. The van der Waals surface area contributed by atoms with Gasteiger partial charge in [-0.1, -0.05) is 66.7 Å². The Balaban J connectivity index is 1.64. The maximum atomic E-state index is 12.4. The summed E-state index contributed by atoms with van der Waals surface area (Å²) in [4.78, 5) is 12.4. The van der Waals surface area contributed by atoms with E-state index in [0.29, 0.717) is 36.6 Å². The Labute approximate surface area is 182 Å². The highest BCUT2D eigenvalue weighted by Gasteiger charge is 2.11. The molecular formula is C26H24N2O3. The van der Waals surface area contributed by atoms with Crippen LogP contribution in [0, 0.1) is 11.3 Å². The lowest BCUT2D eigenvalue weighted by Gasteiger charge is -2.11. The van der Waals surface area contributed by atoms with Crippen molar-refractivity contribution in [1.29, 1.82) is 5.26 Å². The standard InChI is InChI=1S/C26H24N2O3/c1-30-25-17-22(12-13-24(25)31-19-21-10-6-3-7-11-21)16-23(18-27)26(29)28-15-14-20-8-4-2-5-9-20/h2-13,16-17H,14-15,19H2,1H3,(H,28,29). The van der Waals surface area contributed by atoms with Gasteiger partial charge in [0.25, 0.3) is 5.91 Å². The number of benzene rings is 3. The molecule has 3 rings (SSSR count). The lowest BCUT2D eigenvalue weighted by atomic mass is 10.1. The van der Waals surface area contributed by atoms with Crippen molar-refractivity contribution in [3.8, 4) is 17.6 Å². The number of rotatable bonds is 9. The fraction of sp³-hybridized carbons (Fsp3) is 0.154. The molecule has 0 spiro atoms. The Morgan fingerprint density at radius 1 is 0.968 bits per heavy atom. The molecule has 3 aromatic rings. The molecule has 0 aliphatic heterocycles. The van der Waals surface area contributed by atoms with Gasteiger partial charge in [0, 0.05) is 6.54 Å². The molecule has 0 aromatic heterocycles. The van der Waals surface area contributed by atoms with Crippen molar-refractivity contribution in [2.24, 2.45) is 0 Å². The number of nitrogens with zero attached hydrogens (tertiary/aromatic N) is 1. The zero-order valence-electron chi connectivity index (χ0n) is 17.4. The van der Waals surface area contributed by atoms with E-state index in [2.05, 4.69) is 5.32 Å². The SMILES string of the molecule is COc1cc(C=C(C#N)C(=O)NCCc2ccccc2)ccc1OCc1ccccc1. The van der Waals surface area contributed by atoms with Crippen molar-refractivity contribution in [2.45, 2.75) is 13.0 Å². The number of ether oxygens (including phenoxy) is 2. The van der Waals surface area contributed by atoms with E-state index in [-0.39, 0.29) is 5.57 Å². The molecular weight excluding hydrogens is 388 g/mol. The molecule has 0 fully saturated rings. The monoisotopic (exact) mass is 412 g/mol. The number of carbonyl (C=O) groups is 1. The molecule has 0 atom stereocenters. The van der Waals surface area contributed by atoms with Crippen molar-refractivity contribution < 1.29 is 14.3 Å². The van der Waals surface area contributed by atoms with Gasteiger partial charge in [0.1, 0.15) is 18.2 Å². The van der Waals surface area contributed by atoms with Gasteiger partial charge in [-0.2, -0.15) is 5.26 Å².